The third-order valence-corrected chi connectivity index (χ3v) is 4.09. The van der Waals surface area contributed by atoms with Gasteiger partial charge in [-0.25, -0.2) is 0 Å². The van der Waals surface area contributed by atoms with Crippen LogP contribution in [0.15, 0.2) is 0 Å². The number of hydrogen-bond acceptors (Lipinski definition) is 2. The Morgan fingerprint density at radius 1 is 1.07 bits per heavy atom. The Balaban J connectivity index is 3.94. The van der Waals surface area contributed by atoms with E-state index in [9.17, 15) is 4.39 Å². The van der Waals surface area contributed by atoms with Crippen LogP contribution in [-0.4, -0.2) is 54.7 Å². The van der Waals surface area contributed by atoms with E-state index >= 15 is 0 Å². The first-order valence-corrected chi connectivity index (χ1v) is 8.64. The third-order valence-electron chi connectivity index (χ3n) is 2.44. The van der Waals surface area contributed by atoms with E-state index in [2.05, 4.69) is 6.92 Å². The van der Waals surface area contributed by atoms with Crippen LogP contribution in [0.25, 0.3) is 0 Å². The van der Waals surface area contributed by atoms with Crippen molar-refractivity contribution in [3.8, 4) is 0 Å². The fraction of sp³-hybridized carbons (Fsp3) is 1.00. The monoisotopic (exact) mass is 308 g/mol. The maximum atomic E-state index is 12.7. The van der Waals surface area contributed by atoms with E-state index in [1.165, 1.54) is 0 Å². The molecule has 0 bridgehead atoms. The summed E-state index contributed by atoms with van der Waals surface area (Å²) >= 11 is 0.120. The summed E-state index contributed by atoms with van der Waals surface area (Å²) in [7, 11) is 3.38. The van der Waals surface area contributed by atoms with Crippen molar-refractivity contribution in [3.63, 3.8) is 0 Å². The molecule has 84 valence electrons. The van der Waals surface area contributed by atoms with Crippen LogP contribution in [0.4, 0.5) is 4.39 Å². The van der Waals surface area contributed by atoms with Gasteiger partial charge in [0.2, 0.25) is 0 Å². The molecule has 0 radical (unpaired) electrons. The van der Waals surface area contributed by atoms with Gasteiger partial charge in [0, 0.05) is 0 Å². The molecule has 0 saturated carbocycles. The molecule has 0 aliphatic rings. The van der Waals surface area contributed by atoms with Crippen LogP contribution in [0.5, 0.6) is 0 Å². The molecule has 0 aromatic carbocycles. The molecule has 0 rings (SSSR count). The second-order valence-corrected chi connectivity index (χ2v) is 7.27. The standard InChI is InChI=1S/C10H20FO2.In.2H/c1-4-6-9(12-2)10(13-3)7-5-8-11;;;/h8-10H,4-7H2,1-3H3;;;. The Labute approximate surface area is 101 Å². The van der Waals surface area contributed by atoms with Gasteiger partial charge < -0.3 is 0 Å². The number of methoxy groups -OCH3 is 2. The number of hydrogen-bond donors (Lipinski definition) is 0. The van der Waals surface area contributed by atoms with Gasteiger partial charge >= 0.3 is 101 Å². The molecule has 2 nitrogen and oxygen atoms in total. The molecule has 0 aliphatic carbocycles. The van der Waals surface area contributed by atoms with Crippen molar-refractivity contribution in [2.75, 3.05) is 14.2 Å². The Bertz CT molecular complexity index is 133. The van der Waals surface area contributed by atoms with Crippen molar-refractivity contribution >= 4 is 24.4 Å². The first kappa shape index (κ1) is 14.7. The van der Waals surface area contributed by atoms with Gasteiger partial charge in [-0.2, -0.15) is 0 Å². The van der Waals surface area contributed by atoms with Gasteiger partial charge in [0.05, 0.1) is 0 Å². The van der Waals surface area contributed by atoms with E-state index in [0.29, 0.717) is 6.42 Å². The first-order chi connectivity index (χ1) is 6.65. The van der Waals surface area contributed by atoms with Gasteiger partial charge in [0.1, 0.15) is 0 Å². The molecule has 3 unspecified atom stereocenters. The maximum absolute atomic E-state index is 12.7. The van der Waals surface area contributed by atoms with Crippen LogP contribution < -0.4 is 0 Å². The van der Waals surface area contributed by atoms with E-state index in [4.69, 9.17) is 9.47 Å². The van der Waals surface area contributed by atoms with Crippen LogP contribution in [0.3, 0.4) is 0 Å². The second kappa shape index (κ2) is 8.98. The summed E-state index contributed by atoms with van der Waals surface area (Å²) in [4.78, 5) is 0. The first-order valence-electron chi connectivity index (χ1n) is 5.35. The van der Waals surface area contributed by atoms with Gasteiger partial charge in [-0.15, -0.1) is 0 Å². The predicted octanol–water partition coefficient (Wildman–Crippen LogP) is 1.53. The van der Waals surface area contributed by atoms with Crippen molar-refractivity contribution in [2.45, 2.75) is 48.7 Å². The predicted molar refractivity (Wildman–Crippen MR) is 59.2 cm³/mol. The second-order valence-electron chi connectivity index (χ2n) is 3.70. The normalized spacial score (nSPS) is 17.7. The number of rotatable bonds is 8. The zero-order valence-electron chi connectivity index (χ0n) is 9.75. The topological polar surface area (TPSA) is 18.5 Å². The van der Waals surface area contributed by atoms with Crippen molar-refractivity contribution in [3.05, 3.63) is 0 Å². The van der Waals surface area contributed by atoms with Gasteiger partial charge in [0.15, 0.2) is 0 Å². The minimum atomic E-state index is -0.548. The number of halogens is 1. The summed E-state index contributed by atoms with van der Waals surface area (Å²) in [6.45, 7) is 2.12. The summed E-state index contributed by atoms with van der Waals surface area (Å²) in [5, 5.41) is 0. The zero-order chi connectivity index (χ0) is 11.0. The van der Waals surface area contributed by atoms with Crippen molar-refractivity contribution < 1.29 is 13.9 Å². The van der Waals surface area contributed by atoms with Crippen molar-refractivity contribution in [1.29, 1.82) is 0 Å². The molecule has 0 fully saturated rings. The molecule has 0 aromatic rings. The summed E-state index contributed by atoms with van der Waals surface area (Å²) in [5.41, 5.74) is 0. The zero-order valence-corrected chi connectivity index (χ0v) is 15.5. The molecule has 0 amide bonds. The fourth-order valence-corrected chi connectivity index (χ4v) is 2.54. The van der Waals surface area contributed by atoms with Gasteiger partial charge in [-0.1, -0.05) is 0 Å². The average molecular weight is 308 g/mol. The van der Waals surface area contributed by atoms with Crippen LogP contribution in [0.1, 0.15) is 32.6 Å². The van der Waals surface area contributed by atoms with Crippen molar-refractivity contribution in [1.82, 2.24) is 0 Å². The molecule has 14 heavy (non-hydrogen) atoms. The van der Waals surface area contributed by atoms with Crippen LogP contribution in [-0.2, 0) is 9.47 Å². The van der Waals surface area contributed by atoms with Gasteiger partial charge in [-0.3, -0.25) is 0 Å². The fourth-order valence-electron chi connectivity index (χ4n) is 1.59. The molecular formula is C10H22FInO2. The molecule has 4 heteroatoms. The Morgan fingerprint density at radius 3 is 1.93 bits per heavy atom. The van der Waals surface area contributed by atoms with Crippen LogP contribution in [0.2, 0.25) is 0 Å². The minimum absolute atomic E-state index is 0.0597. The van der Waals surface area contributed by atoms with Crippen LogP contribution >= 0.6 is 0 Å². The molecule has 0 aromatic heterocycles. The Morgan fingerprint density at radius 2 is 1.57 bits per heavy atom. The average Bonchev–Trinajstić information content (AvgIpc) is 2.16. The quantitative estimate of drug-likeness (QED) is 0.677. The van der Waals surface area contributed by atoms with Gasteiger partial charge in [-0.05, 0) is 0 Å². The Kier molecular flexibility index (Phi) is 9.45. The molecule has 0 N–H and O–H groups in total. The van der Waals surface area contributed by atoms with Crippen molar-refractivity contribution in [2.24, 2.45) is 0 Å². The molecule has 0 heterocycles. The summed E-state index contributed by atoms with van der Waals surface area (Å²) in [6.07, 6.45) is 3.66. The number of ether oxygens (including phenoxy) is 2. The van der Waals surface area contributed by atoms with E-state index in [1.54, 1.807) is 14.2 Å². The molecule has 0 spiro atoms. The summed E-state index contributed by atoms with van der Waals surface area (Å²) in [5.74, 6) is 0. The molecule has 3 atom stereocenters. The summed E-state index contributed by atoms with van der Waals surface area (Å²) in [6, 6.07) is 0. The third kappa shape index (κ3) is 6.25. The van der Waals surface area contributed by atoms with E-state index in [0.717, 1.165) is 19.3 Å². The molecule has 0 aliphatic heterocycles. The molecule has 0 saturated heterocycles. The Hall–Kier alpha value is 0.720. The SMILES string of the molecule is CCCC(OC)C(CC[CH](F)[InH2])OC. The van der Waals surface area contributed by atoms with Gasteiger partial charge in [0.25, 0.3) is 0 Å². The summed E-state index contributed by atoms with van der Waals surface area (Å²) < 4.78 is 22.9. The van der Waals surface area contributed by atoms with E-state index in [-0.39, 0.29) is 36.6 Å². The molecular weight excluding hydrogens is 286 g/mol. The van der Waals surface area contributed by atoms with Crippen LogP contribution in [0, 0.1) is 0 Å². The number of alkyl halides is 1. The van der Waals surface area contributed by atoms with E-state index in [1.807, 2.05) is 0 Å². The van der Waals surface area contributed by atoms with E-state index < -0.39 is 3.93 Å².